The molecule has 0 aliphatic heterocycles. The minimum absolute atomic E-state index is 0.185. The Morgan fingerprint density at radius 2 is 2.00 bits per heavy atom. The van der Waals surface area contributed by atoms with E-state index in [4.69, 9.17) is 15.2 Å². The van der Waals surface area contributed by atoms with E-state index in [1.807, 2.05) is 6.92 Å². The highest BCUT2D eigenvalue weighted by Gasteiger charge is 2.26. The average molecular weight is 216 g/mol. The summed E-state index contributed by atoms with van der Waals surface area (Å²) in [6.07, 6.45) is 0.486. The van der Waals surface area contributed by atoms with Crippen molar-refractivity contribution in [2.45, 2.75) is 32.1 Å². The molecule has 0 bridgehead atoms. The van der Waals surface area contributed by atoms with Crippen molar-refractivity contribution >= 4 is 0 Å². The fourth-order valence-electron chi connectivity index (χ4n) is 1.22. The Balaban J connectivity index is 4.21. The first-order chi connectivity index (χ1) is 6.97. The number of nitrogens with two attached hydrogens (primary N) is 1. The predicted molar refractivity (Wildman–Crippen MR) is 62.7 cm³/mol. The molecule has 0 aliphatic rings. The summed E-state index contributed by atoms with van der Waals surface area (Å²) in [6.45, 7) is 9.17. The van der Waals surface area contributed by atoms with Crippen molar-refractivity contribution in [2.75, 3.05) is 27.3 Å². The van der Waals surface area contributed by atoms with Crippen LogP contribution in [0.5, 0.6) is 0 Å². The average Bonchev–Trinajstić information content (AvgIpc) is 2.23. The van der Waals surface area contributed by atoms with Gasteiger partial charge in [0.05, 0.1) is 0 Å². The van der Waals surface area contributed by atoms with Crippen LogP contribution in [0.15, 0.2) is 12.2 Å². The maximum absolute atomic E-state index is 5.75. The van der Waals surface area contributed by atoms with Crippen LogP contribution in [0.3, 0.4) is 0 Å². The molecule has 0 saturated carbocycles. The molecule has 3 N–H and O–H groups in total. The first-order valence-corrected chi connectivity index (χ1v) is 5.12. The van der Waals surface area contributed by atoms with Crippen LogP contribution in [0, 0.1) is 0 Å². The quantitative estimate of drug-likeness (QED) is 0.467. The van der Waals surface area contributed by atoms with E-state index in [0.717, 1.165) is 12.1 Å². The van der Waals surface area contributed by atoms with Gasteiger partial charge in [0.2, 0.25) is 0 Å². The van der Waals surface area contributed by atoms with Crippen LogP contribution in [0.4, 0.5) is 0 Å². The number of methoxy groups -OCH3 is 2. The molecule has 0 radical (unpaired) electrons. The van der Waals surface area contributed by atoms with Crippen LogP contribution < -0.4 is 11.1 Å². The molecule has 0 aromatic carbocycles. The van der Waals surface area contributed by atoms with E-state index in [-0.39, 0.29) is 11.8 Å². The molecule has 0 aliphatic carbocycles. The Labute approximate surface area is 92.8 Å². The minimum atomic E-state index is -0.226. The standard InChI is InChI=1S/C11H24N2O2/c1-9(2)7-13-11(3,8-12)6-10(14-4)15-5/h10,13H,1,6-8,12H2,2-5H3. The topological polar surface area (TPSA) is 56.5 Å². The Morgan fingerprint density at radius 3 is 2.33 bits per heavy atom. The van der Waals surface area contributed by atoms with Gasteiger partial charge in [0.1, 0.15) is 0 Å². The highest BCUT2D eigenvalue weighted by Crippen LogP contribution is 2.13. The van der Waals surface area contributed by atoms with E-state index in [0.29, 0.717) is 13.0 Å². The van der Waals surface area contributed by atoms with Gasteiger partial charge >= 0.3 is 0 Å². The lowest BCUT2D eigenvalue weighted by atomic mass is 9.97. The third-order valence-electron chi connectivity index (χ3n) is 2.41. The lowest BCUT2D eigenvalue weighted by Crippen LogP contribution is -2.51. The predicted octanol–water partition coefficient (Wildman–Crippen LogP) is 0.879. The second-order valence-electron chi connectivity index (χ2n) is 4.18. The molecule has 90 valence electrons. The summed E-state index contributed by atoms with van der Waals surface area (Å²) < 4.78 is 10.3. The highest BCUT2D eigenvalue weighted by atomic mass is 16.7. The first kappa shape index (κ1) is 14.6. The van der Waals surface area contributed by atoms with Crippen LogP contribution >= 0.6 is 0 Å². The van der Waals surface area contributed by atoms with E-state index >= 15 is 0 Å². The molecule has 0 aromatic heterocycles. The third kappa shape index (κ3) is 5.89. The van der Waals surface area contributed by atoms with E-state index in [9.17, 15) is 0 Å². The molecule has 0 saturated heterocycles. The van der Waals surface area contributed by atoms with Gasteiger partial charge in [0.25, 0.3) is 0 Å². The van der Waals surface area contributed by atoms with Gasteiger partial charge in [-0.05, 0) is 13.8 Å². The molecule has 1 atom stereocenters. The van der Waals surface area contributed by atoms with Gasteiger partial charge in [-0.1, -0.05) is 12.2 Å². The summed E-state index contributed by atoms with van der Waals surface area (Å²) in [5.41, 5.74) is 6.65. The lowest BCUT2D eigenvalue weighted by Gasteiger charge is -2.32. The molecule has 0 fully saturated rings. The van der Waals surface area contributed by atoms with Gasteiger partial charge in [-0.15, -0.1) is 0 Å². The molecule has 0 spiro atoms. The fraction of sp³-hybridized carbons (Fsp3) is 0.818. The van der Waals surface area contributed by atoms with E-state index in [1.165, 1.54) is 0 Å². The molecule has 4 heteroatoms. The summed E-state index contributed by atoms with van der Waals surface area (Å²) in [7, 11) is 3.26. The lowest BCUT2D eigenvalue weighted by molar-refractivity contribution is -0.117. The Morgan fingerprint density at radius 1 is 1.47 bits per heavy atom. The summed E-state index contributed by atoms with van der Waals surface area (Å²) in [6, 6.07) is 0. The van der Waals surface area contributed by atoms with Gasteiger partial charge in [-0.3, -0.25) is 0 Å². The molecule has 1 unspecified atom stereocenters. The molecule has 0 rings (SSSR count). The molecule has 0 amide bonds. The van der Waals surface area contributed by atoms with Crippen LogP contribution in [-0.2, 0) is 9.47 Å². The van der Waals surface area contributed by atoms with Crippen molar-refractivity contribution in [3.63, 3.8) is 0 Å². The van der Waals surface area contributed by atoms with Crippen molar-refractivity contribution in [1.82, 2.24) is 5.32 Å². The summed E-state index contributed by atoms with van der Waals surface area (Å²) in [5.74, 6) is 0. The van der Waals surface area contributed by atoms with Crippen molar-refractivity contribution in [3.8, 4) is 0 Å². The van der Waals surface area contributed by atoms with Crippen LogP contribution in [0.25, 0.3) is 0 Å². The minimum Gasteiger partial charge on any atom is -0.356 e. The van der Waals surface area contributed by atoms with E-state index in [2.05, 4.69) is 18.8 Å². The van der Waals surface area contributed by atoms with Gasteiger partial charge in [-0.2, -0.15) is 0 Å². The first-order valence-electron chi connectivity index (χ1n) is 5.12. The maximum Gasteiger partial charge on any atom is 0.158 e. The van der Waals surface area contributed by atoms with Gasteiger partial charge in [0.15, 0.2) is 6.29 Å². The van der Waals surface area contributed by atoms with E-state index < -0.39 is 0 Å². The van der Waals surface area contributed by atoms with Crippen LogP contribution in [-0.4, -0.2) is 39.1 Å². The zero-order chi connectivity index (χ0) is 11.9. The van der Waals surface area contributed by atoms with Crippen molar-refractivity contribution < 1.29 is 9.47 Å². The number of hydrogen-bond acceptors (Lipinski definition) is 4. The fourth-order valence-corrected chi connectivity index (χ4v) is 1.22. The Bertz CT molecular complexity index is 193. The maximum atomic E-state index is 5.75. The zero-order valence-corrected chi connectivity index (χ0v) is 10.3. The second kappa shape index (κ2) is 6.95. The monoisotopic (exact) mass is 216 g/mol. The zero-order valence-electron chi connectivity index (χ0n) is 10.3. The largest absolute Gasteiger partial charge is 0.356 e. The number of nitrogens with one attached hydrogen (secondary N) is 1. The summed E-state index contributed by atoms with van der Waals surface area (Å²) >= 11 is 0. The number of rotatable bonds is 8. The van der Waals surface area contributed by atoms with Gasteiger partial charge in [-0.25, -0.2) is 0 Å². The normalized spacial score (nSPS) is 15.3. The smallest absolute Gasteiger partial charge is 0.158 e. The summed E-state index contributed by atoms with van der Waals surface area (Å²) in [4.78, 5) is 0. The number of hydrogen-bond donors (Lipinski definition) is 2. The number of ether oxygens (including phenoxy) is 2. The summed E-state index contributed by atoms with van der Waals surface area (Å²) in [5, 5.41) is 3.36. The van der Waals surface area contributed by atoms with Crippen LogP contribution in [0.1, 0.15) is 20.3 Å². The third-order valence-corrected chi connectivity index (χ3v) is 2.41. The molecule has 0 heterocycles. The van der Waals surface area contributed by atoms with E-state index in [1.54, 1.807) is 14.2 Å². The molecule has 4 nitrogen and oxygen atoms in total. The molecule has 0 aromatic rings. The molecular weight excluding hydrogens is 192 g/mol. The van der Waals surface area contributed by atoms with Gasteiger partial charge in [0, 0.05) is 39.3 Å². The molecular formula is C11H24N2O2. The van der Waals surface area contributed by atoms with Gasteiger partial charge < -0.3 is 20.5 Å². The van der Waals surface area contributed by atoms with Crippen molar-refractivity contribution in [1.29, 1.82) is 0 Å². The SMILES string of the molecule is C=C(C)CNC(C)(CN)CC(OC)OC. The highest BCUT2D eigenvalue weighted by molar-refractivity contribution is 4.96. The van der Waals surface area contributed by atoms with Crippen molar-refractivity contribution in [3.05, 3.63) is 12.2 Å². The Kier molecular flexibility index (Phi) is 6.76. The second-order valence-corrected chi connectivity index (χ2v) is 4.18. The Hall–Kier alpha value is -0.420. The molecule has 15 heavy (non-hydrogen) atoms. The van der Waals surface area contributed by atoms with Crippen LogP contribution in [0.2, 0.25) is 0 Å². The van der Waals surface area contributed by atoms with Crippen molar-refractivity contribution in [2.24, 2.45) is 5.73 Å².